The first kappa shape index (κ1) is 11.0. The standard InChI is InChI=1S/C14H17NO/c1-11-3-4-13(7-12(11)2)8-15-6-5-14(9-15)10-16/h3-7,9,16H,8,10H2,1-2H3. The predicted octanol–water partition coefficient (Wildman–Crippen LogP) is 2.65. The molecule has 0 atom stereocenters. The van der Waals surface area contributed by atoms with Crippen LogP contribution >= 0.6 is 0 Å². The Labute approximate surface area is 96.2 Å². The van der Waals surface area contributed by atoms with Gasteiger partial charge in [0.25, 0.3) is 0 Å². The SMILES string of the molecule is Cc1ccc(Cn2ccc(CO)c2)cc1C. The summed E-state index contributed by atoms with van der Waals surface area (Å²) < 4.78 is 2.09. The number of aryl methyl sites for hydroxylation is 2. The molecule has 0 aliphatic carbocycles. The highest BCUT2D eigenvalue weighted by Crippen LogP contribution is 2.12. The van der Waals surface area contributed by atoms with E-state index in [-0.39, 0.29) is 6.61 Å². The highest BCUT2D eigenvalue weighted by Gasteiger charge is 1.99. The van der Waals surface area contributed by atoms with Crippen LogP contribution in [0.15, 0.2) is 36.7 Å². The van der Waals surface area contributed by atoms with Gasteiger partial charge in [-0.3, -0.25) is 0 Å². The molecule has 2 aromatic rings. The van der Waals surface area contributed by atoms with Gasteiger partial charge in [0.15, 0.2) is 0 Å². The minimum Gasteiger partial charge on any atom is -0.392 e. The molecule has 0 fully saturated rings. The highest BCUT2D eigenvalue weighted by molar-refractivity contribution is 5.30. The predicted molar refractivity (Wildman–Crippen MR) is 65.4 cm³/mol. The maximum absolute atomic E-state index is 8.98. The number of aromatic nitrogens is 1. The van der Waals surface area contributed by atoms with Crippen molar-refractivity contribution in [3.8, 4) is 0 Å². The van der Waals surface area contributed by atoms with Crippen molar-refractivity contribution >= 4 is 0 Å². The van der Waals surface area contributed by atoms with E-state index in [9.17, 15) is 0 Å². The molecule has 1 aromatic heterocycles. The van der Waals surface area contributed by atoms with Crippen molar-refractivity contribution in [3.63, 3.8) is 0 Å². The molecule has 2 rings (SSSR count). The van der Waals surface area contributed by atoms with E-state index < -0.39 is 0 Å². The Morgan fingerprint density at radius 3 is 2.50 bits per heavy atom. The van der Waals surface area contributed by atoms with Crippen molar-refractivity contribution in [2.45, 2.75) is 27.0 Å². The Morgan fingerprint density at radius 1 is 1.06 bits per heavy atom. The third-order valence-electron chi connectivity index (χ3n) is 2.93. The number of aliphatic hydroxyl groups excluding tert-OH is 1. The minimum atomic E-state index is 0.111. The van der Waals surface area contributed by atoms with Crippen molar-refractivity contribution in [2.24, 2.45) is 0 Å². The first-order chi connectivity index (χ1) is 7.69. The molecule has 0 amide bonds. The van der Waals surface area contributed by atoms with E-state index in [2.05, 4.69) is 36.6 Å². The lowest BCUT2D eigenvalue weighted by Crippen LogP contribution is -1.97. The van der Waals surface area contributed by atoms with Gasteiger partial charge in [-0.15, -0.1) is 0 Å². The maximum Gasteiger partial charge on any atom is 0.0696 e. The van der Waals surface area contributed by atoms with Crippen molar-refractivity contribution < 1.29 is 5.11 Å². The van der Waals surface area contributed by atoms with Gasteiger partial charge in [0.2, 0.25) is 0 Å². The Kier molecular flexibility index (Phi) is 3.11. The van der Waals surface area contributed by atoms with Crippen LogP contribution in [-0.4, -0.2) is 9.67 Å². The molecule has 0 saturated heterocycles. The number of benzene rings is 1. The van der Waals surface area contributed by atoms with Crippen LogP contribution in [0.1, 0.15) is 22.3 Å². The summed E-state index contributed by atoms with van der Waals surface area (Å²) in [7, 11) is 0. The zero-order chi connectivity index (χ0) is 11.5. The molecule has 0 bridgehead atoms. The number of hydrogen-bond donors (Lipinski definition) is 1. The average Bonchev–Trinajstić information content (AvgIpc) is 2.71. The van der Waals surface area contributed by atoms with Gasteiger partial charge in [-0.25, -0.2) is 0 Å². The molecule has 1 heterocycles. The van der Waals surface area contributed by atoms with E-state index in [1.165, 1.54) is 16.7 Å². The van der Waals surface area contributed by atoms with Crippen LogP contribution in [-0.2, 0) is 13.2 Å². The lowest BCUT2D eigenvalue weighted by atomic mass is 10.1. The first-order valence-electron chi connectivity index (χ1n) is 5.50. The second-order valence-corrected chi connectivity index (χ2v) is 4.27. The van der Waals surface area contributed by atoms with Crippen molar-refractivity contribution in [3.05, 3.63) is 58.9 Å². The van der Waals surface area contributed by atoms with Crippen LogP contribution in [0.25, 0.3) is 0 Å². The molecule has 0 aliphatic rings. The topological polar surface area (TPSA) is 25.2 Å². The summed E-state index contributed by atoms with van der Waals surface area (Å²) in [5.41, 5.74) is 4.91. The molecule has 2 nitrogen and oxygen atoms in total. The monoisotopic (exact) mass is 215 g/mol. The molecule has 1 aromatic carbocycles. The molecule has 84 valence electrons. The molecule has 0 aliphatic heterocycles. The van der Waals surface area contributed by atoms with Gasteiger partial charge >= 0.3 is 0 Å². The normalized spacial score (nSPS) is 10.7. The van der Waals surface area contributed by atoms with E-state index in [1.54, 1.807) is 0 Å². The van der Waals surface area contributed by atoms with E-state index >= 15 is 0 Å². The Morgan fingerprint density at radius 2 is 1.88 bits per heavy atom. The molecule has 0 spiro atoms. The Bertz CT molecular complexity index is 485. The fraction of sp³-hybridized carbons (Fsp3) is 0.286. The summed E-state index contributed by atoms with van der Waals surface area (Å²) in [5.74, 6) is 0. The number of nitrogens with zero attached hydrogens (tertiary/aromatic N) is 1. The van der Waals surface area contributed by atoms with E-state index in [0.29, 0.717) is 0 Å². The third-order valence-corrected chi connectivity index (χ3v) is 2.93. The summed E-state index contributed by atoms with van der Waals surface area (Å²) >= 11 is 0. The molecular weight excluding hydrogens is 198 g/mol. The minimum absolute atomic E-state index is 0.111. The zero-order valence-corrected chi connectivity index (χ0v) is 9.77. The van der Waals surface area contributed by atoms with Gasteiger partial charge < -0.3 is 9.67 Å². The van der Waals surface area contributed by atoms with Crippen molar-refractivity contribution in [1.29, 1.82) is 0 Å². The second kappa shape index (κ2) is 4.54. The van der Waals surface area contributed by atoms with Crippen molar-refractivity contribution in [2.75, 3.05) is 0 Å². The largest absolute Gasteiger partial charge is 0.392 e. The van der Waals surface area contributed by atoms with Gasteiger partial charge in [0.05, 0.1) is 6.61 Å². The smallest absolute Gasteiger partial charge is 0.0696 e. The molecular formula is C14H17NO. The van der Waals surface area contributed by atoms with Crippen LogP contribution in [0.5, 0.6) is 0 Å². The quantitative estimate of drug-likeness (QED) is 0.836. The van der Waals surface area contributed by atoms with Crippen LogP contribution in [0.4, 0.5) is 0 Å². The van der Waals surface area contributed by atoms with Gasteiger partial charge in [0, 0.05) is 18.9 Å². The van der Waals surface area contributed by atoms with Crippen LogP contribution in [0.3, 0.4) is 0 Å². The second-order valence-electron chi connectivity index (χ2n) is 4.27. The van der Waals surface area contributed by atoms with E-state index in [4.69, 9.17) is 5.11 Å². The van der Waals surface area contributed by atoms with Gasteiger partial charge in [0.1, 0.15) is 0 Å². The zero-order valence-electron chi connectivity index (χ0n) is 9.77. The first-order valence-corrected chi connectivity index (χ1v) is 5.50. The molecule has 2 heteroatoms. The highest BCUT2D eigenvalue weighted by atomic mass is 16.3. The maximum atomic E-state index is 8.98. The number of rotatable bonds is 3. The van der Waals surface area contributed by atoms with E-state index in [0.717, 1.165) is 12.1 Å². The Hall–Kier alpha value is -1.54. The summed E-state index contributed by atoms with van der Waals surface area (Å²) in [6.07, 6.45) is 3.98. The summed E-state index contributed by atoms with van der Waals surface area (Å²) in [4.78, 5) is 0. The average molecular weight is 215 g/mol. The fourth-order valence-corrected chi connectivity index (χ4v) is 1.80. The fourth-order valence-electron chi connectivity index (χ4n) is 1.80. The van der Waals surface area contributed by atoms with Crippen molar-refractivity contribution in [1.82, 2.24) is 4.57 Å². The summed E-state index contributed by atoms with van der Waals surface area (Å²) in [5, 5.41) is 8.98. The molecule has 16 heavy (non-hydrogen) atoms. The molecule has 0 radical (unpaired) electrons. The molecule has 0 saturated carbocycles. The van der Waals surface area contributed by atoms with Gasteiger partial charge in [-0.1, -0.05) is 18.2 Å². The van der Waals surface area contributed by atoms with Crippen LogP contribution < -0.4 is 0 Å². The third kappa shape index (κ3) is 2.34. The van der Waals surface area contributed by atoms with E-state index in [1.807, 2.05) is 18.5 Å². The number of aliphatic hydroxyl groups is 1. The Balaban J connectivity index is 2.17. The summed E-state index contributed by atoms with van der Waals surface area (Å²) in [6, 6.07) is 8.47. The van der Waals surface area contributed by atoms with Gasteiger partial charge in [-0.05, 0) is 42.2 Å². The number of hydrogen-bond acceptors (Lipinski definition) is 1. The van der Waals surface area contributed by atoms with Crippen LogP contribution in [0, 0.1) is 13.8 Å². The summed E-state index contributed by atoms with van der Waals surface area (Å²) in [6.45, 7) is 5.23. The van der Waals surface area contributed by atoms with Crippen LogP contribution in [0.2, 0.25) is 0 Å². The molecule has 1 N–H and O–H groups in total. The lowest BCUT2D eigenvalue weighted by Gasteiger charge is -2.06. The van der Waals surface area contributed by atoms with Gasteiger partial charge in [-0.2, -0.15) is 0 Å². The lowest BCUT2D eigenvalue weighted by molar-refractivity contribution is 0.282. The molecule has 0 unspecified atom stereocenters.